The Bertz CT molecular complexity index is 202. The minimum Gasteiger partial charge on any atom is -0.352 e. The number of nitrogens with zero attached hydrogens (tertiary/aromatic N) is 1. The highest BCUT2D eigenvalue weighted by Gasteiger charge is 2.16. The molecule has 0 radical (unpaired) electrons. The summed E-state index contributed by atoms with van der Waals surface area (Å²) in [7, 11) is 1.97. The first-order valence-electron chi connectivity index (χ1n) is 6.40. The molecule has 4 nitrogen and oxygen atoms in total. The van der Waals surface area contributed by atoms with Gasteiger partial charge in [0.25, 0.3) is 0 Å². The van der Waals surface area contributed by atoms with Crippen molar-refractivity contribution in [2.24, 2.45) is 5.73 Å². The third-order valence-corrected chi connectivity index (χ3v) is 3.13. The van der Waals surface area contributed by atoms with Gasteiger partial charge in [0.2, 0.25) is 5.91 Å². The molecule has 1 aliphatic rings. The molecule has 94 valence electrons. The lowest BCUT2D eigenvalue weighted by atomic mass is 9.95. The van der Waals surface area contributed by atoms with Crippen LogP contribution >= 0.6 is 0 Å². The fourth-order valence-electron chi connectivity index (χ4n) is 2.21. The molecule has 0 aromatic heterocycles. The maximum Gasteiger partial charge on any atom is 0.234 e. The molecule has 16 heavy (non-hydrogen) atoms. The van der Waals surface area contributed by atoms with Crippen molar-refractivity contribution in [1.82, 2.24) is 10.2 Å². The second-order valence-corrected chi connectivity index (χ2v) is 4.78. The molecule has 0 spiro atoms. The number of nitrogens with one attached hydrogen (secondary N) is 1. The van der Waals surface area contributed by atoms with Crippen molar-refractivity contribution in [3.63, 3.8) is 0 Å². The molecular formula is C12H25N3O. The Labute approximate surface area is 98.6 Å². The summed E-state index contributed by atoms with van der Waals surface area (Å²) in [5, 5.41) is 3.11. The number of nitrogens with two attached hydrogens (primary N) is 1. The van der Waals surface area contributed by atoms with Gasteiger partial charge in [-0.3, -0.25) is 9.69 Å². The molecular weight excluding hydrogens is 202 g/mol. The molecule has 0 aromatic rings. The van der Waals surface area contributed by atoms with Gasteiger partial charge >= 0.3 is 0 Å². The van der Waals surface area contributed by atoms with E-state index in [4.69, 9.17) is 5.73 Å². The molecule has 1 aliphatic carbocycles. The quantitative estimate of drug-likeness (QED) is 0.703. The van der Waals surface area contributed by atoms with Crippen molar-refractivity contribution in [2.75, 3.05) is 26.7 Å². The molecule has 4 heteroatoms. The lowest BCUT2D eigenvalue weighted by Gasteiger charge is -2.24. The SMILES string of the molecule is CN(CCCN)CC(=O)NC1CCCCC1. The summed E-state index contributed by atoms with van der Waals surface area (Å²) in [4.78, 5) is 13.7. The van der Waals surface area contributed by atoms with E-state index in [1.54, 1.807) is 0 Å². The highest BCUT2D eigenvalue weighted by atomic mass is 16.2. The third-order valence-electron chi connectivity index (χ3n) is 3.13. The fraction of sp³-hybridized carbons (Fsp3) is 0.917. The monoisotopic (exact) mass is 227 g/mol. The van der Waals surface area contributed by atoms with E-state index >= 15 is 0 Å². The first kappa shape index (κ1) is 13.5. The number of hydrogen-bond acceptors (Lipinski definition) is 3. The summed E-state index contributed by atoms with van der Waals surface area (Å²) in [5.41, 5.74) is 5.43. The van der Waals surface area contributed by atoms with Gasteiger partial charge in [-0.25, -0.2) is 0 Å². The van der Waals surface area contributed by atoms with Crippen LogP contribution in [0.2, 0.25) is 0 Å². The normalized spacial score (nSPS) is 17.7. The largest absolute Gasteiger partial charge is 0.352 e. The summed E-state index contributed by atoms with van der Waals surface area (Å²) in [6.07, 6.45) is 7.09. The van der Waals surface area contributed by atoms with Crippen LogP contribution in [0.4, 0.5) is 0 Å². The van der Waals surface area contributed by atoms with E-state index in [0.29, 0.717) is 19.1 Å². The number of carbonyl (C=O) groups excluding carboxylic acids is 1. The second kappa shape index (κ2) is 7.63. The molecule has 0 aromatic carbocycles. The van der Waals surface area contributed by atoms with Gasteiger partial charge in [0.05, 0.1) is 6.54 Å². The molecule has 1 rings (SSSR count). The van der Waals surface area contributed by atoms with Crippen LogP contribution in [0.25, 0.3) is 0 Å². The van der Waals surface area contributed by atoms with E-state index in [1.807, 2.05) is 11.9 Å². The van der Waals surface area contributed by atoms with Crippen LogP contribution in [-0.2, 0) is 4.79 Å². The Kier molecular flexibility index (Phi) is 6.42. The average Bonchev–Trinajstić information content (AvgIpc) is 2.27. The van der Waals surface area contributed by atoms with Crippen molar-refractivity contribution in [3.8, 4) is 0 Å². The van der Waals surface area contributed by atoms with Crippen molar-refractivity contribution in [1.29, 1.82) is 0 Å². The average molecular weight is 227 g/mol. The lowest BCUT2D eigenvalue weighted by molar-refractivity contribution is -0.122. The minimum absolute atomic E-state index is 0.159. The molecule has 0 heterocycles. The summed E-state index contributed by atoms with van der Waals surface area (Å²) in [5.74, 6) is 0.159. The van der Waals surface area contributed by atoms with E-state index in [1.165, 1.54) is 19.3 Å². The molecule has 0 unspecified atom stereocenters. The van der Waals surface area contributed by atoms with Crippen LogP contribution in [0.5, 0.6) is 0 Å². The zero-order chi connectivity index (χ0) is 11.8. The standard InChI is InChI=1S/C12H25N3O/c1-15(9-5-8-13)10-12(16)14-11-6-3-2-4-7-11/h11H,2-10,13H2,1H3,(H,14,16). The van der Waals surface area contributed by atoms with Crippen molar-refractivity contribution in [3.05, 3.63) is 0 Å². The predicted molar refractivity (Wildman–Crippen MR) is 66.2 cm³/mol. The van der Waals surface area contributed by atoms with Crippen LogP contribution in [0.1, 0.15) is 38.5 Å². The third kappa shape index (κ3) is 5.47. The molecule has 0 bridgehead atoms. The summed E-state index contributed by atoms with van der Waals surface area (Å²) in [6, 6.07) is 0.421. The Morgan fingerprint density at radius 1 is 1.38 bits per heavy atom. The van der Waals surface area contributed by atoms with E-state index < -0.39 is 0 Å². The second-order valence-electron chi connectivity index (χ2n) is 4.78. The Morgan fingerprint density at radius 3 is 2.69 bits per heavy atom. The van der Waals surface area contributed by atoms with Crippen LogP contribution in [-0.4, -0.2) is 43.5 Å². The molecule has 3 N–H and O–H groups in total. The van der Waals surface area contributed by atoms with Crippen molar-refractivity contribution in [2.45, 2.75) is 44.6 Å². The first-order chi connectivity index (χ1) is 7.72. The number of rotatable bonds is 6. The summed E-state index contributed by atoms with van der Waals surface area (Å²) >= 11 is 0. The number of likely N-dealkylation sites (N-methyl/N-ethyl adjacent to an activating group) is 1. The Hall–Kier alpha value is -0.610. The number of amides is 1. The lowest BCUT2D eigenvalue weighted by Crippen LogP contribution is -2.42. The smallest absolute Gasteiger partial charge is 0.234 e. The van der Waals surface area contributed by atoms with Crippen LogP contribution in [0, 0.1) is 0 Å². The van der Waals surface area contributed by atoms with Crippen LogP contribution < -0.4 is 11.1 Å². The van der Waals surface area contributed by atoms with Crippen molar-refractivity contribution < 1.29 is 4.79 Å². The van der Waals surface area contributed by atoms with Crippen LogP contribution in [0.15, 0.2) is 0 Å². The van der Waals surface area contributed by atoms with Crippen molar-refractivity contribution >= 4 is 5.91 Å². The molecule has 0 saturated heterocycles. The zero-order valence-corrected chi connectivity index (χ0v) is 10.4. The maximum atomic E-state index is 11.7. The molecule has 1 fully saturated rings. The molecule has 0 aliphatic heterocycles. The predicted octanol–water partition coefficient (Wildman–Crippen LogP) is 0.716. The number of hydrogen-bond donors (Lipinski definition) is 2. The fourth-order valence-corrected chi connectivity index (χ4v) is 2.21. The molecule has 0 atom stereocenters. The van der Waals surface area contributed by atoms with Gasteiger partial charge in [-0.15, -0.1) is 0 Å². The summed E-state index contributed by atoms with van der Waals surface area (Å²) in [6.45, 7) is 2.08. The Morgan fingerprint density at radius 2 is 2.06 bits per heavy atom. The summed E-state index contributed by atoms with van der Waals surface area (Å²) < 4.78 is 0. The van der Waals surface area contributed by atoms with Gasteiger partial charge in [0.1, 0.15) is 0 Å². The van der Waals surface area contributed by atoms with E-state index in [-0.39, 0.29) is 5.91 Å². The van der Waals surface area contributed by atoms with E-state index in [0.717, 1.165) is 25.8 Å². The van der Waals surface area contributed by atoms with Gasteiger partial charge < -0.3 is 11.1 Å². The highest BCUT2D eigenvalue weighted by Crippen LogP contribution is 2.17. The van der Waals surface area contributed by atoms with Gasteiger partial charge in [-0.1, -0.05) is 19.3 Å². The molecule has 1 saturated carbocycles. The zero-order valence-electron chi connectivity index (χ0n) is 10.4. The Balaban J connectivity index is 2.13. The van der Waals surface area contributed by atoms with Gasteiger partial charge in [0.15, 0.2) is 0 Å². The van der Waals surface area contributed by atoms with E-state index in [2.05, 4.69) is 5.32 Å². The van der Waals surface area contributed by atoms with Gasteiger partial charge in [0, 0.05) is 6.04 Å². The van der Waals surface area contributed by atoms with Crippen LogP contribution in [0.3, 0.4) is 0 Å². The van der Waals surface area contributed by atoms with Gasteiger partial charge in [-0.2, -0.15) is 0 Å². The maximum absolute atomic E-state index is 11.7. The minimum atomic E-state index is 0.159. The topological polar surface area (TPSA) is 58.4 Å². The number of carbonyl (C=O) groups is 1. The van der Waals surface area contributed by atoms with E-state index in [9.17, 15) is 4.79 Å². The first-order valence-corrected chi connectivity index (χ1v) is 6.40. The van der Waals surface area contributed by atoms with Gasteiger partial charge in [-0.05, 0) is 39.4 Å². The molecule has 1 amide bonds. The highest BCUT2D eigenvalue weighted by molar-refractivity contribution is 5.78.